The molecule has 0 aliphatic carbocycles. The van der Waals surface area contributed by atoms with Gasteiger partial charge in [-0.3, -0.25) is 0 Å². The Morgan fingerprint density at radius 1 is 1.50 bits per heavy atom. The molecule has 0 heterocycles. The quantitative estimate of drug-likeness (QED) is 0.634. The van der Waals surface area contributed by atoms with Crippen LogP contribution >= 0.6 is 0 Å². The van der Waals surface area contributed by atoms with Crippen LogP contribution in [0.4, 0.5) is 0 Å². The predicted molar refractivity (Wildman–Crippen MR) is 46.9 cm³/mol. The molecule has 1 heteroatoms. The number of hydrogen-bond acceptors (Lipinski definition) is 1. The first-order valence-corrected chi connectivity index (χ1v) is 4.08. The fraction of sp³-hybridized carbons (Fsp3) is 0.778. The third-order valence-electron chi connectivity index (χ3n) is 1.61. The van der Waals surface area contributed by atoms with Crippen molar-refractivity contribution in [3.63, 3.8) is 0 Å². The molecule has 0 saturated heterocycles. The fourth-order valence-electron chi connectivity index (χ4n) is 1.00. The molecule has 60 valence electrons. The average Bonchev–Trinajstić information content (AvgIpc) is 1.87. The van der Waals surface area contributed by atoms with Crippen LogP contribution in [-0.4, -0.2) is 7.05 Å². The van der Waals surface area contributed by atoms with Gasteiger partial charge in [-0.25, -0.2) is 0 Å². The van der Waals surface area contributed by atoms with Gasteiger partial charge in [-0.05, 0) is 18.5 Å². The standard InChI is InChI=1S/C9H19N/c1-5-6-9(7-10-4)8(2)3/h7-8,10H,5-6H2,1-4H3/b9-7+. The van der Waals surface area contributed by atoms with Gasteiger partial charge in [-0.15, -0.1) is 0 Å². The van der Waals surface area contributed by atoms with E-state index in [2.05, 4.69) is 32.3 Å². The summed E-state index contributed by atoms with van der Waals surface area (Å²) in [7, 11) is 1.96. The molecule has 10 heavy (non-hydrogen) atoms. The number of hydrogen-bond donors (Lipinski definition) is 1. The molecule has 0 fully saturated rings. The first-order valence-electron chi connectivity index (χ1n) is 4.08. The first kappa shape index (κ1) is 9.54. The van der Waals surface area contributed by atoms with Gasteiger partial charge in [0, 0.05) is 7.05 Å². The van der Waals surface area contributed by atoms with Crippen molar-refractivity contribution < 1.29 is 0 Å². The number of rotatable bonds is 4. The van der Waals surface area contributed by atoms with E-state index in [1.54, 1.807) is 0 Å². The summed E-state index contributed by atoms with van der Waals surface area (Å²) in [6.45, 7) is 6.68. The van der Waals surface area contributed by atoms with Gasteiger partial charge in [0.2, 0.25) is 0 Å². The Morgan fingerprint density at radius 3 is 2.40 bits per heavy atom. The van der Waals surface area contributed by atoms with E-state index in [-0.39, 0.29) is 0 Å². The Balaban J connectivity index is 3.85. The van der Waals surface area contributed by atoms with Crippen molar-refractivity contribution >= 4 is 0 Å². The summed E-state index contributed by atoms with van der Waals surface area (Å²) in [6.07, 6.45) is 4.58. The lowest BCUT2D eigenvalue weighted by Gasteiger charge is -2.09. The SMILES string of the molecule is CCC/C(=C\NC)C(C)C. The van der Waals surface area contributed by atoms with Gasteiger partial charge in [0.05, 0.1) is 0 Å². The van der Waals surface area contributed by atoms with Crippen molar-refractivity contribution in [3.8, 4) is 0 Å². The molecule has 0 unspecified atom stereocenters. The second kappa shape index (κ2) is 5.33. The van der Waals surface area contributed by atoms with E-state index in [1.807, 2.05) is 7.05 Å². The first-order chi connectivity index (χ1) is 4.72. The second-order valence-corrected chi connectivity index (χ2v) is 2.91. The summed E-state index contributed by atoms with van der Waals surface area (Å²) in [5, 5.41) is 3.07. The molecule has 1 nitrogen and oxygen atoms in total. The molecule has 0 aromatic carbocycles. The molecule has 0 amide bonds. The van der Waals surface area contributed by atoms with E-state index in [9.17, 15) is 0 Å². The van der Waals surface area contributed by atoms with Gasteiger partial charge in [0.25, 0.3) is 0 Å². The molecule has 0 spiro atoms. The highest BCUT2D eigenvalue weighted by molar-refractivity contribution is 5.02. The molecule has 0 atom stereocenters. The number of nitrogens with one attached hydrogen (secondary N) is 1. The monoisotopic (exact) mass is 141 g/mol. The summed E-state index contributed by atoms with van der Waals surface area (Å²) >= 11 is 0. The van der Waals surface area contributed by atoms with Crippen molar-refractivity contribution in [2.24, 2.45) is 5.92 Å². The Morgan fingerprint density at radius 2 is 2.10 bits per heavy atom. The largest absolute Gasteiger partial charge is 0.394 e. The smallest absolute Gasteiger partial charge is 0.00276 e. The molecular formula is C9H19N. The molecule has 0 aromatic rings. The van der Waals surface area contributed by atoms with Crippen LogP contribution in [0.1, 0.15) is 33.6 Å². The Labute approximate surface area is 64.5 Å². The molecule has 0 aromatic heterocycles. The summed E-state index contributed by atoms with van der Waals surface area (Å²) in [6, 6.07) is 0. The van der Waals surface area contributed by atoms with Gasteiger partial charge >= 0.3 is 0 Å². The molecule has 0 radical (unpaired) electrons. The van der Waals surface area contributed by atoms with Crippen LogP contribution in [0.3, 0.4) is 0 Å². The van der Waals surface area contributed by atoms with E-state index < -0.39 is 0 Å². The Hall–Kier alpha value is -0.460. The van der Waals surface area contributed by atoms with Crippen molar-refractivity contribution in [1.82, 2.24) is 5.32 Å². The molecule has 1 N–H and O–H groups in total. The minimum absolute atomic E-state index is 0.687. The zero-order valence-corrected chi connectivity index (χ0v) is 7.57. The predicted octanol–water partition coefficient (Wildman–Crippen LogP) is 2.55. The van der Waals surface area contributed by atoms with Crippen LogP contribution in [0, 0.1) is 5.92 Å². The van der Waals surface area contributed by atoms with Gasteiger partial charge in [-0.1, -0.05) is 32.8 Å². The molecule has 0 rings (SSSR count). The van der Waals surface area contributed by atoms with E-state index in [0.717, 1.165) is 0 Å². The zero-order chi connectivity index (χ0) is 7.98. The van der Waals surface area contributed by atoms with Crippen LogP contribution in [0.2, 0.25) is 0 Å². The minimum atomic E-state index is 0.687. The van der Waals surface area contributed by atoms with E-state index in [0.29, 0.717) is 5.92 Å². The van der Waals surface area contributed by atoms with Crippen LogP contribution in [0.5, 0.6) is 0 Å². The third-order valence-corrected chi connectivity index (χ3v) is 1.61. The van der Waals surface area contributed by atoms with Gasteiger partial charge < -0.3 is 5.32 Å². The molecule has 0 aliphatic heterocycles. The maximum atomic E-state index is 3.07. The maximum Gasteiger partial charge on any atom is 0.00276 e. The van der Waals surface area contributed by atoms with Crippen molar-refractivity contribution in [2.45, 2.75) is 33.6 Å². The average molecular weight is 141 g/mol. The highest BCUT2D eigenvalue weighted by Crippen LogP contribution is 2.13. The summed E-state index contributed by atoms with van der Waals surface area (Å²) < 4.78 is 0. The molecular weight excluding hydrogens is 122 g/mol. The van der Waals surface area contributed by atoms with Gasteiger partial charge in [-0.2, -0.15) is 0 Å². The zero-order valence-electron chi connectivity index (χ0n) is 7.57. The molecule has 0 saturated carbocycles. The van der Waals surface area contributed by atoms with Crippen LogP contribution in [0.15, 0.2) is 11.8 Å². The minimum Gasteiger partial charge on any atom is -0.394 e. The van der Waals surface area contributed by atoms with E-state index in [1.165, 1.54) is 18.4 Å². The lowest BCUT2D eigenvalue weighted by atomic mass is 10.0. The molecule has 0 bridgehead atoms. The lowest BCUT2D eigenvalue weighted by Crippen LogP contribution is -2.01. The van der Waals surface area contributed by atoms with Crippen molar-refractivity contribution in [2.75, 3.05) is 7.05 Å². The summed E-state index contributed by atoms with van der Waals surface area (Å²) in [4.78, 5) is 0. The Kier molecular flexibility index (Phi) is 5.09. The van der Waals surface area contributed by atoms with Crippen LogP contribution in [-0.2, 0) is 0 Å². The van der Waals surface area contributed by atoms with Gasteiger partial charge in [0.1, 0.15) is 0 Å². The summed E-state index contributed by atoms with van der Waals surface area (Å²) in [5.41, 5.74) is 1.52. The highest BCUT2D eigenvalue weighted by atomic mass is 14.8. The second-order valence-electron chi connectivity index (χ2n) is 2.91. The summed E-state index contributed by atoms with van der Waals surface area (Å²) in [5.74, 6) is 0.687. The third kappa shape index (κ3) is 3.54. The maximum absolute atomic E-state index is 3.07. The van der Waals surface area contributed by atoms with Crippen LogP contribution < -0.4 is 5.32 Å². The Bertz CT molecular complexity index is 103. The fourth-order valence-corrected chi connectivity index (χ4v) is 1.00. The van der Waals surface area contributed by atoms with Gasteiger partial charge in [0.15, 0.2) is 0 Å². The van der Waals surface area contributed by atoms with Crippen LogP contribution in [0.25, 0.3) is 0 Å². The van der Waals surface area contributed by atoms with E-state index >= 15 is 0 Å². The topological polar surface area (TPSA) is 12.0 Å². The lowest BCUT2D eigenvalue weighted by molar-refractivity contribution is 0.692. The normalized spacial score (nSPS) is 12.3. The molecule has 0 aliphatic rings. The highest BCUT2D eigenvalue weighted by Gasteiger charge is 1.99. The van der Waals surface area contributed by atoms with E-state index in [4.69, 9.17) is 0 Å². The number of allylic oxidation sites excluding steroid dienone is 1. The van der Waals surface area contributed by atoms with Crippen molar-refractivity contribution in [1.29, 1.82) is 0 Å². The van der Waals surface area contributed by atoms with Crippen molar-refractivity contribution in [3.05, 3.63) is 11.8 Å².